The number of aromatic nitrogens is 4. The lowest BCUT2D eigenvalue weighted by atomic mass is 9.94. The van der Waals surface area contributed by atoms with Crippen molar-refractivity contribution in [2.75, 3.05) is 17.2 Å². The first kappa shape index (κ1) is 22.0. The van der Waals surface area contributed by atoms with Gasteiger partial charge in [-0.25, -0.2) is 0 Å². The van der Waals surface area contributed by atoms with Crippen molar-refractivity contribution >= 4 is 33.5 Å². The molecule has 3 aromatic rings. The normalized spacial score (nSPS) is 15.2. The number of benzene rings is 2. The molecule has 32 heavy (non-hydrogen) atoms. The van der Waals surface area contributed by atoms with Crippen LogP contribution in [0.3, 0.4) is 0 Å². The van der Waals surface area contributed by atoms with Gasteiger partial charge in [0.1, 0.15) is 11.8 Å². The fourth-order valence-electron chi connectivity index (χ4n) is 3.69. The van der Waals surface area contributed by atoms with Crippen molar-refractivity contribution in [1.29, 1.82) is 0 Å². The van der Waals surface area contributed by atoms with E-state index in [1.165, 1.54) is 0 Å². The smallest absolute Gasteiger partial charge is 0.255 e. The summed E-state index contributed by atoms with van der Waals surface area (Å²) >= 11 is 3.56. The van der Waals surface area contributed by atoms with Crippen LogP contribution in [0.1, 0.15) is 43.9 Å². The van der Waals surface area contributed by atoms with E-state index in [1.54, 1.807) is 4.68 Å². The number of anilines is 2. The minimum Gasteiger partial charge on any atom is -0.493 e. The van der Waals surface area contributed by atoms with Gasteiger partial charge in [0.15, 0.2) is 0 Å². The summed E-state index contributed by atoms with van der Waals surface area (Å²) in [4.78, 5) is 13.6. The molecule has 0 radical (unpaired) electrons. The maximum Gasteiger partial charge on any atom is 0.255 e. The number of aryl methyl sites for hydroxylation is 1. The standard InChI is InChI=1S/C23H25BrN6O2/c1-4-5-12-32-19-11-10-16(24)13-17(19)21-20(15(3)25-23-27-28-29-30(21)23)22(31)26-18-9-7-6-8-14(18)2/h6-11,13,21H,4-5,12H2,1-3H3,(H,26,31)(H,25,27,29). The average molecular weight is 497 g/mol. The summed E-state index contributed by atoms with van der Waals surface area (Å²) in [5.74, 6) is 0.943. The van der Waals surface area contributed by atoms with Crippen molar-refractivity contribution in [1.82, 2.24) is 20.2 Å². The van der Waals surface area contributed by atoms with Gasteiger partial charge in [0.25, 0.3) is 5.91 Å². The van der Waals surface area contributed by atoms with E-state index >= 15 is 0 Å². The lowest BCUT2D eigenvalue weighted by Gasteiger charge is -2.29. The molecule has 1 aliphatic heterocycles. The number of unbranched alkanes of at least 4 members (excludes halogenated alkanes) is 1. The van der Waals surface area contributed by atoms with Crippen LogP contribution in [0.5, 0.6) is 5.75 Å². The van der Waals surface area contributed by atoms with Crippen molar-refractivity contribution in [3.63, 3.8) is 0 Å². The van der Waals surface area contributed by atoms with Crippen molar-refractivity contribution in [2.24, 2.45) is 0 Å². The highest BCUT2D eigenvalue weighted by atomic mass is 79.9. The van der Waals surface area contributed by atoms with Crippen molar-refractivity contribution in [3.05, 3.63) is 69.3 Å². The van der Waals surface area contributed by atoms with Gasteiger partial charge in [-0.1, -0.05) is 52.6 Å². The number of carbonyl (C=O) groups is 1. The van der Waals surface area contributed by atoms with Crippen LogP contribution in [-0.2, 0) is 4.79 Å². The number of hydrogen-bond donors (Lipinski definition) is 2. The van der Waals surface area contributed by atoms with E-state index in [0.29, 0.717) is 29.6 Å². The number of carbonyl (C=O) groups excluding carboxylic acids is 1. The zero-order valence-electron chi connectivity index (χ0n) is 18.2. The third kappa shape index (κ3) is 4.38. The number of allylic oxidation sites excluding steroid dienone is 1. The summed E-state index contributed by atoms with van der Waals surface area (Å²) in [6.07, 6.45) is 1.97. The van der Waals surface area contributed by atoms with E-state index in [4.69, 9.17) is 4.74 Å². The number of halogens is 1. The molecule has 1 aromatic heterocycles. The number of fused-ring (bicyclic) bond motifs is 1. The second-order valence-electron chi connectivity index (χ2n) is 7.67. The summed E-state index contributed by atoms with van der Waals surface area (Å²) in [5, 5.41) is 18.3. The van der Waals surface area contributed by atoms with Crippen molar-refractivity contribution in [2.45, 2.75) is 39.7 Å². The lowest BCUT2D eigenvalue weighted by molar-refractivity contribution is -0.113. The number of hydrogen-bond acceptors (Lipinski definition) is 6. The fraction of sp³-hybridized carbons (Fsp3) is 0.304. The Morgan fingerprint density at radius 2 is 2.06 bits per heavy atom. The molecule has 1 amide bonds. The molecule has 1 aliphatic rings. The summed E-state index contributed by atoms with van der Waals surface area (Å²) in [6, 6.07) is 12.9. The Morgan fingerprint density at radius 3 is 2.84 bits per heavy atom. The molecular formula is C23H25BrN6O2. The zero-order chi connectivity index (χ0) is 22.7. The number of rotatable bonds is 7. The van der Waals surface area contributed by atoms with Crippen LogP contribution in [0.25, 0.3) is 0 Å². The summed E-state index contributed by atoms with van der Waals surface area (Å²) in [6.45, 7) is 6.52. The average Bonchev–Trinajstić information content (AvgIpc) is 3.23. The van der Waals surface area contributed by atoms with Crippen LogP contribution >= 0.6 is 15.9 Å². The molecule has 1 unspecified atom stereocenters. The van der Waals surface area contributed by atoms with E-state index in [1.807, 2.05) is 56.3 Å². The van der Waals surface area contributed by atoms with Gasteiger partial charge in [-0.3, -0.25) is 4.79 Å². The molecule has 2 heterocycles. The Kier molecular flexibility index (Phi) is 6.55. The molecule has 4 rings (SSSR count). The zero-order valence-corrected chi connectivity index (χ0v) is 19.8. The predicted molar refractivity (Wildman–Crippen MR) is 127 cm³/mol. The highest BCUT2D eigenvalue weighted by Crippen LogP contribution is 2.40. The molecule has 0 aliphatic carbocycles. The minimum absolute atomic E-state index is 0.227. The molecule has 166 valence electrons. The van der Waals surface area contributed by atoms with Gasteiger partial charge in [0, 0.05) is 21.4 Å². The number of amides is 1. The van der Waals surface area contributed by atoms with Gasteiger partial charge in [0.05, 0.1) is 12.2 Å². The highest BCUT2D eigenvalue weighted by Gasteiger charge is 2.36. The SMILES string of the molecule is CCCCOc1ccc(Br)cc1C1C(C(=O)Nc2ccccc2C)=C(C)Nc2nnnn21. The van der Waals surface area contributed by atoms with Gasteiger partial charge in [-0.15, -0.1) is 0 Å². The van der Waals surface area contributed by atoms with Gasteiger partial charge in [-0.2, -0.15) is 4.68 Å². The Bertz CT molecular complexity index is 1170. The van der Waals surface area contributed by atoms with Crippen LogP contribution in [0.2, 0.25) is 0 Å². The topological polar surface area (TPSA) is 94.0 Å². The third-order valence-electron chi connectivity index (χ3n) is 5.37. The fourth-order valence-corrected chi connectivity index (χ4v) is 4.07. The van der Waals surface area contributed by atoms with E-state index in [0.717, 1.165) is 34.1 Å². The Labute approximate surface area is 195 Å². The molecule has 2 aromatic carbocycles. The largest absolute Gasteiger partial charge is 0.493 e. The van der Waals surface area contributed by atoms with E-state index < -0.39 is 6.04 Å². The lowest BCUT2D eigenvalue weighted by Crippen LogP contribution is -2.32. The molecule has 9 heteroatoms. The van der Waals surface area contributed by atoms with E-state index in [2.05, 4.69) is 49.0 Å². The van der Waals surface area contributed by atoms with Gasteiger partial charge in [-0.05, 0) is 60.5 Å². The van der Waals surface area contributed by atoms with Crippen LogP contribution in [0.4, 0.5) is 11.6 Å². The van der Waals surface area contributed by atoms with Gasteiger partial charge >= 0.3 is 0 Å². The first-order valence-corrected chi connectivity index (χ1v) is 11.3. The van der Waals surface area contributed by atoms with E-state index in [-0.39, 0.29) is 5.91 Å². The van der Waals surface area contributed by atoms with Crippen molar-refractivity contribution in [3.8, 4) is 5.75 Å². The van der Waals surface area contributed by atoms with Crippen LogP contribution < -0.4 is 15.4 Å². The third-order valence-corrected chi connectivity index (χ3v) is 5.87. The number of para-hydroxylation sites is 1. The molecule has 2 N–H and O–H groups in total. The summed E-state index contributed by atoms with van der Waals surface area (Å²) < 4.78 is 8.59. The molecule has 1 atom stereocenters. The minimum atomic E-state index is -0.556. The molecule has 0 spiro atoms. The summed E-state index contributed by atoms with van der Waals surface area (Å²) in [7, 11) is 0. The van der Waals surface area contributed by atoms with Gasteiger partial charge in [0.2, 0.25) is 5.95 Å². The molecule has 0 saturated heterocycles. The predicted octanol–water partition coefficient (Wildman–Crippen LogP) is 4.85. The number of nitrogens with one attached hydrogen (secondary N) is 2. The Balaban J connectivity index is 1.79. The number of nitrogens with zero attached hydrogens (tertiary/aromatic N) is 4. The van der Waals surface area contributed by atoms with Gasteiger partial charge < -0.3 is 15.4 Å². The number of tetrazole rings is 1. The van der Waals surface area contributed by atoms with Crippen LogP contribution in [-0.4, -0.2) is 32.7 Å². The Morgan fingerprint density at radius 1 is 1.25 bits per heavy atom. The molecule has 0 bridgehead atoms. The van der Waals surface area contributed by atoms with Crippen molar-refractivity contribution < 1.29 is 9.53 Å². The molecule has 8 nitrogen and oxygen atoms in total. The maximum absolute atomic E-state index is 13.6. The first-order valence-electron chi connectivity index (χ1n) is 10.5. The highest BCUT2D eigenvalue weighted by molar-refractivity contribution is 9.10. The van der Waals surface area contributed by atoms with Crippen LogP contribution in [0, 0.1) is 6.92 Å². The quantitative estimate of drug-likeness (QED) is 0.454. The first-order chi connectivity index (χ1) is 15.5. The number of ether oxygens (including phenoxy) is 1. The second-order valence-corrected chi connectivity index (χ2v) is 8.58. The molecule has 0 saturated carbocycles. The summed E-state index contributed by atoms with van der Waals surface area (Å²) in [5.41, 5.74) is 3.75. The van der Waals surface area contributed by atoms with Crippen LogP contribution in [0.15, 0.2) is 58.2 Å². The second kappa shape index (κ2) is 9.52. The maximum atomic E-state index is 13.6. The molecule has 0 fully saturated rings. The monoisotopic (exact) mass is 496 g/mol. The Hall–Kier alpha value is -3.20. The van der Waals surface area contributed by atoms with E-state index in [9.17, 15) is 4.79 Å². The molecular weight excluding hydrogens is 472 g/mol.